The third-order valence-electron chi connectivity index (χ3n) is 3.06. The van der Waals surface area contributed by atoms with Crippen LogP contribution in [0, 0.1) is 0 Å². The van der Waals surface area contributed by atoms with Gasteiger partial charge in [0.2, 0.25) is 6.41 Å². The van der Waals surface area contributed by atoms with Gasteiger partial charge in [-0.25, -0.2) is 4.79 Å². The summed E-state index contributed by atoms with van der Waals surface area (Å²) in [6.07, 6.45) is 1.20. The Bertz CT molecular complexity index is 493. The number of aliphatic carboxylic acids is 1. The first-order valence-electron chi connectivity index (χ1n) is 5.78. The molecule has 1 aromatic carbocycles. The molecule has 0 fully saturated rings. The maximum absolute atomic E-state index is 11.6. The van der Waals surface area contributed by atoms with Crippen LogP contribution in [-0.2, 0) is 15.1 Å². The Hall–Kier alpha value is -1.26. The van der Waals surface area contributed by atoms with Crippen molar-refractivity contribution >= 4 is 35.6 Å². The number of benzene rings is 1. The summed E-state index contributed by atoms with van der Waals surface area (Å²) < 4.78 is 0. The van der Waals surface area contributed by atoms with Gasteiger partial charge in [-0.2, -0.15) is 0 Å². The maximum atomic E-state index is 11.6. The molecule has 0 bridgehead atoms. The summed E-state index contributed by atoms with van der Waals surface area (Å²) in [5.41, 5.74) is -1.05. The molecule has 19 heavy (non-hydrogen) atoms. The van der Waals surface area contributed by atoms with Crippen LogP contribution in [0.5, 0.6) is 0 Å². The monoisotopic (exact) mass is 303 g/mol. The molecule has 0 saturated heterocycles. The van der Waals surface area contributed by atoms with Gasteiger partial charge in [0.15, 0.2) is 5.54 Å². The molecule has 1 rings (SSSR count). The first-order valence-corrected chi connectivity index (χ1v) is 6.54. The molecule has 1 N–H and O–H groups in total. The summed E-state index contributed by atoms with van der Waals surface area (Å²) >= 11 is 11.7. The predicted octanol–water partition coefficient (Wildman–Crippen LogP) is 3.16. The van der Waals surface area contributed by atoms with Gasteiger partial charge < -0.3 is 10.0 Å². The molecule has 0 aliphatic heterocycles. The highest BCUT2D eigenvalue weighted by Gasteiger charge is 2.40. The molecule has 104 valence electrons. The summed E-state index contributed by atoms with van der Waals surface area (Å²) in [4.78, 5) is 24.0. The number of carbonyl (C=O) groups excluding carboxylic acids is 1. The summed E-state index contributed by atoms with van der Waals surface area (Å²) in [6, 6.07) is 4.56. The zero-order chi connectivity index (χ0) is 14.6. The molecule has 1 unspecified atom stereocenters. The largest absolute Gasteiger partial charge is 0.479 e. The van der Waals surface area contributed by atoms with E-state index in [1.54, 1.807) is 6.07 Å². The molecule has 0 aliphatic carbocycles. The number of nitrogens with zero attached hydrogens (tertiary/aromatic N) is 1. The molecule has 0 aromatic heterocycles. The van der Waals surface area contributed by atoms with Crippen molar-refractivity contribution in [3.8, 4) is 0 Å². The van der Waals surface area contributed by atoms with Crippen molar-refractivity contribution in [1.29, 1.82) is 0 Å². The molecule has 0 heterocycles. The van der Waals surface area contributed by atoms with Gasteiger partial charge in [-0.15, -0.1) is 0 Å². The van der Waals surface area contributed by atoms with E-state index < -0.39 is 11.5 Å². The Morgan fingerprint density at radius 1 is 1.42 bits per heavy atom. The number of carbonyl (C=O) groups is 2. The van der Waals surface area contributed by atoms with Crippen LogP contribution in [0.2, 0.25) is 10.0 Å². The Kier molecular flexibility index (Phi) is 5.20. The van der Waals surface area contributed by atoms with Crippen molar-refractivity contribution in [3.63, 3.8) is 0 Å². The number of carboxylic acids is 1. The van der Waals surface area contributed by atoms with Gasteiger partial charge in [0, 0.05) is 6.54 Å². The lowest BCUT2D eigenvalue weighted by Gasteiger charge is -2.35. The lowest BCUT2D eigenvalue weighted by atomic mass is 9.90. The molecular formula is C13H15Cl2NO3. The predicted molar refractivity (Wildman–Crippen MR) is 74.5 cm³/mol. The minimum Gasteiger partial charge on any atom is -0.479 e. The van der Waals surface area contributed by atoms with Crippen molar-refractivity contribution in [3.05, 3.63) is 33.8 Å². The first kappa shape index (κ1) is 15.8. The number of hydrogen-bond donors (Lipinski definition) is 1. The van der Waals surface area contributed by atoms with Crippen LogP contribution < -0.4 is 0 Å². The molecule has 0 saturated carbocycles. The van der Waals surface area contributed by atoms with Crippen molar-refractivity contribution in [2.24, 2.45) is 0 Å². The van der Waals surface area contributed by atoms with E-state index in [2.05, 4.69) is 0 Å². The van der Waals surface area contributed by atoms with E-state index in [-0.39, 0.29) is 5.02 Å². The second kappa shape index (κ2) is 6.26. The van der Waals surface area contributed by atoms with E-state index in [0.29, 0.717) is 30.0 Å². The standard InChI is InChI=1S/C13H15Cl2NO3/c1-3-6-16(8-17)13(2,12(18)19)9-4-5-10(14)11(15)7-9/h4-5,7-8H,3,6H2,1-2H3,(H,18,19). The highest BCUT2D eigenvalue weighted by atomic mass is 35.5. The molecule has 0 spiro atoms. The highest BCUT2D eigenvalue weighted by molar-refractivity contribution is 6.42. The fourth-order valence-corrected chi connectivity index (χ4v) is 2.13. The van der Waals surface area contributed by atoms with Crippen LogP contribution in [0.1, 0.15) is 25.8 Å². The van der Waals surface area contributed by atoms with Crippen LogP contribution in [0.3, 0.4) is 0 Å². The third-order valence-corrected chi connectivity index (χ3v) is 3.80. The van der Waals surface area contributed by atoms with E-state index in [1.165, 1.54) is 24.0 Å². The number of halogens is 2. The van der Waals surface area contributed by atoms with Crippen LogP contribution in [0.4, 0.5) is 0 Å². The minimum atomic E-state index is -1.47. The molecular weight excluding hydrogens is 289 g/mol. The average Bonchev–Trinajstić information content (AvgIpc) is 2.38. The molecule has 4 nitrogen and oxygen atoms in total. The summed E-state index contributed by atoms with van der Waals surface area (Å²) in [7, 11) is 0. The number of hydrogen-bond acceptors (Lipinski definition) is 2. The van der Waals surface area contributed by atoms with E-state index in [4.69, 9.17) is 23.2 Å². The van der Waals surface area contributed by atoms with Crippen LogP contribution in [0.25, 0.3) is 0 Å². The van der Waals surface area contributed by atoms with Crippen molar-refractivity contribution in [2.75, 3.05) is 6.54 Å². The van der Waals surface area contributed by atoms with E-state index in [1.807, 2.05) is 6.92 Å². The van der Waals surface area contributed by atoms with Crippen molar-refractivity contribution in [1.82, 2.24) is 4.90 Å². The lowest BCUT2D eigenvalue weighted by Crippen LogP contribution is -2.49. The van der Waals surface area contributed by atoms with Crippen LogP contribution in [0.15, 0.2) is 18.2 Å². The van der Waals surface area contributed by atoms with Gasteiger partial charge in [-0.1, -0.05) is 36.2 Å². The second-order valence-corrected chi connectivity index (χ2v) is 5.12. The molecule has 6 heteroatoms. The topological polar surface area (TPSA) is 57.6 Å². The number of rotatable bonds is 6. The van der Waals surface area contributed by atoms with Gasteiger partial charge in [0.1, 0.15) is 0 Å². The zero-order valence-electron chi connectivity index (χ0n) is 10.7. The normalized spacial score (nSPS) is 13.7. The SMILES string of the molecule is CCCN(C=O)C(C)(C(=O)O)c1ccc(Cl)c(Cl)c1. The van der Waals surface area contributed by atoms with E-state index >= 15 is 0 Å². The Morgan fingerprint density at radius 2 is 2.05 bits per heavy atom. The highest BCUT2D eigenvalue weighted by Crippen LogP contribution is 2.32. The fourth-order valence-electron chi connectivity index (χ4n) is 1.83. The van der Waals surface area contributed by atoms with E-state index in [0.717, 1.165) is 0 Å². The molecule has 0 radical (unpaired) electrons. The zero-order valence-corrected chi connectivity index (χ0v) is 12.2. The fraction of sp³-hybridized carbons (Fsp3) is 0.385. The van der Waals surface area contributed by atoms with Crippen molar-refractivity contribution in [2.45, 2.75) is 25.8 Å². The Balaban J connectivity index is 3.35. The van der Waals surface area contributed by atoms with Crippen molar-refractivity contribution < 1.29 is 14.7 Å². The molecule has 1 atom stereocenters. The molecule has 1 aromatic rings. The lowest BCUT2D eigenvalue weighted by molar-refractivity contribution is -0.154. The number of carboxylic acid groups (broad SMARTS) is 1. The first-order chi connectivity index (χ1) is 8.87. The van der Waals surface area contributed by atoms with Gasteiger partial charge >= 0.3 is 5.97 Å². The van der Waals surface area contributed by atoms with Gasteiger partial charge in [-0.3, -0.25) is 4.79 Å². The quantitative estimate of drug-likeness (QED) is 0.821. The smallest absolute Gasteiger partial charge is 0.334 e. The van der Waals surface area contributed by atoms with Crippen LogP contribution >= 0.6 is 23.2 Å². The number of amides is 1. The minimum absolute atomic E-state index is 0.258. The third kappa shape index (κ3) is 3.01. The van der Waals surface area contributed by atoms with Gasteiger partial charge in [0.25, 0.3) is 0 Å². The molecule has 0 aliphatic rings. The average molecular weight is 304 g/mol. The Labute approximate surface area is 121 Å². The van der Waals surface area contributed by atoms with Crippen LogP contribution in [-0.4, -0.2) is 28.9 Å². The second-order valence-electron chi connectivity index (χ2n) is 4.31. The van der Waals surface area contributed by atoms with Gasteiger partial charge in [0.05, 0.1) is 10.0 Å². The summed E-state index contributed by atoms with van der Waals surface area (Å²) in [6.45, 7) is 3.68. The summed E-state index contributed by atoms with van der Waals surface area (Å²) in [5.74, 6) is -1.12. The maximum Gasteiger partial charge on any atom is 0.334 e. The van der Waals surface area contributed by atoms with E-state index in [9.17, 15) is 14.7 Å². The van der Waals surface area contributed by atoms with Gasteiger partial charge in [-0.05, 0) is 31.0 Å². The Morgan fingerprint density at radius 3 is 2.47 bits per heavy atom. The summed E-state index contributed by atoms with van der Waals surface area (Å²) in [5, 5.41) is 10.1. The molecule has 1 amide bonds.